The lowest BCUT2D eigenvalue weighted by atomic mass is 9.92. The fourth-order valence-electron chi connectivity index (χ4n) is 3.91. The van der Waals surface area contributed by atoms with Crippen molar-refractivity contribution in [1.82, 2.24) is 0 Å². The number of aliphatic hydroxyl groups is 1. The van der Waals surface area contributed by atoms with Crippen molar-refractivity contribution in [3.63, 3.8) is 0 Å². The molecule has 0 aromatic heterocycles. The zero-order valence-electron chi connectivity index (χ0n) is 16.9. The summed E-state index contributed by atoms with van der Waals surface area (Å²) in [4.78, 5) is 0. The van der Waals surface area contributed by atoms with Gasteiger partial charge in [0.1, 0.15) is 0 Å². The van der Waals surface area contributed by atoms with E-state index >= 15 is 0 Å². The minimum atomic E-state index is 0.217. The number of hydrogen-bond donors (Lipinski definition) is 1. The van der Waals surface area contributed by atoms with Gasteiger partial charge in [-0.15, -0.1) is 0 Å². The van der Waals surface area contributed by atoms with Gasteiger partial charge >= 0.3 is 0 Å². The van der Waals surface area contributed by atoms with Crippen LogP contribution in [-0.2, 0) is 19.3 Å². The molecule has 1 N–H and O–H groups in total. The second-order valence-corrected chi connectivity index (χ2v) is 7.47. The third kappa shape index (κ3) is 5.99. The van der Waals surface area contributed by atoms with Gasteiger partial charge in [-0.2, -0.15) is 0 Å². The Bertz CT molecular complexity index is 642. The highest BCUT2D eigenvalue weighted by Crippen LogP contribution is 2.27. The molecule has 0 spiro atoms. The zero-order chi connectivity index (χ0) is 18.8. The van der Waals surface area contributed by atoms with Gasteiger partial charge in [0.05, 0.1) is 0 Å². The monoisotopic (exact) mass is 352 g/mol. The van der Waals surface area contributed by atoms with Gasteiger partial charge in [-0.3, -0.25) is 0 Å². The highest BCUT2D eigenvalue weighted by atomic mass is 16.2. The summed E-state index contributed by atoms with van der Waals surface area (Å²) in [6.07, 6.45) is 9.61. The Balaban J connectivity index is 2.00. The van der Waals surface area contributed by atoms with Gasteiger partial charge in [-0.25, -0.2) is 0 Å². The van der Waals surface area contributed by atoms with Crippen LogP contribution in [0.25, 0.3) is 11.1 Å². The predicted octanol–water partition coefficient (Wildman–Crippen LogP) is 6.60. The first-order chi connectivity index (χ1) is 12.7. The molecule has 0 saturated heterocycles. The molecule has 142 valence electrons. The van der Waals surface area contributed by atoms with Gasteiger partial charge in [-0.1, -0.05) is 88.9 Å². The second kappa shape index (κ2) is 11.2. The van der Waals surface area contributed by atoms with E-state index in [1.165, 1.54) is 66.3 Å². The molecule has 26 heavy (non-hydrogen) atoms. The summed E-state index contributed by atoms with van der Waals surface area (Å²) >= 11 is 0. The molecule has 1 unspecified atom stereocenters. The Kier molecular flexibility index (Phi) is 8.91. The van der Waals surface area contributed by atoms with E-state index in [0.29, 0.717) is 0 Å². The predicted molar refractivity (Wildman–Crippen MR) is 114 cm³/mol. The Hall–Kier alpha value is -1.60. The van der Waals surface area contributed by atoms with Crippen LogP contribution in [0.4, 0.5) is 0 Å². The van der Waals surface area contributed by atoms with Crippen molar-refractivity contribution in [1.29, 1.82) is 0 Å². The van der Waals surface area contributed by atoms with E-state index in [0.717, 1.165) is 18.8 Å². The Morgan fingerprint density at radius 2 is 1.58 bits per heavy atom. The largest absolute Gasteiger partial charge is 0.396 e. The lowest BCUT2D eigenvalue weighted by Crippen LogP contribution is -1.99. The van der Waals surface area contributed by atoms with Crippen LogP contribution in [0.5, 0.6) is 0 Å². The molecule has 0 amide bonds. The van der Waals surface area contributed by atoms with Crippen molar-refractivity contribution in [3.05, 3.63) is 59.2 Å². The van der Waals surface area contributed by atoms with Crippen molar-refractivity contribution in [2.45, 2.75) is 72.1 Å². The zero-order valence-corrected chi connectivity index (χ0v) is 16.9. The van der Waals surface area contributed by atoms with E-state index in [1.807, 2.05) is 0 Å². The van der Waals surface area contributed by atoms with Crippen LogP contribution in [0, 0.1) is 5.92 Å². The maximum absolute atomic E-state index is 9.15. The molecule has 2 rings (SSSR count). The highest BCUT2D eigenvalue weighted by molar-refractivity contribution is 5.68. The summed E-state index contributed by atoms with van der Waals surface area (Å²) < 4.78 is 0. The number of benzene rings is 2. The topological polar surface area (TPSA) is 20.2 Å². The smallest absolute Gasteiger partial charge is 0.0471 e. The van der Waals surface area contributed by atoms with Crippen molar-refractivity contribution in [2.75, 3.05) is 6.61 Å². The van der Waals surface area contributed by atoms with E-state index in [4.69, 9.17) is 5.11 Å². The van der Waals surface area contributed by atoms with Crippen LogP contribution >= 0.6 is 0 Å². The van der Waals surface area contributed by atoms with Crippen LogP contribution < -0.4 is 0 Å². The highest BCUT2D eigenvalue weighted by Gasteiger charge is 2.07. The molecular formula is C25H36O. The first-order valence-corrected chi connectivity index (χ1v) is 10.5. The normalized spacial score (nSPS) is 12.3. The van der Waals surface area contributed by atoms with Crippen molar-refractivity contribution in [3.8, 4) is 11.1 Å². The minimum absolute atomic E-state index is 0.217. The van der Waals surface area contributed by atoms with Crippen LogP contribution in [0.3, 0.4) is 0 Å². The fourth-order valence-corrected chi connectivity index (χ4v) is 3.91. The Morgan fingerprint density at radius 3 is 2.19 bits per heavy atom. The van der Waals surface area contributed by atoms with E-state index in [9.17, 15) is 0 Å². The van der Waals surface area contributed by atoms with E-state index in [1.54, 1.807) is 0 Å². The molecule has 0 fully saturated rings. The van der Waals surface area contributed by atoms with Gasteiger partial charge in [0.25, 0.3) is 0 Å². The minimum Gasteiger partial charge on any atom is -0.396 e. The molecule has 2 aromatic carbocycles. The number of aryl methyl sites for hydroxylation is 2. The molecule has 1 heteroatoms. The maximum Gasteiger partial charge on any atom is 0.0471 e. The van der Waals surface area contributed by atoms with Crippen LogP contribution in [0.1, 0.15) is 69.6 Å². The fraction of sp³-hybridized carbons (Fsp3) is 0.520. The molecule has 1 nitrogen and oxygen atoms in total. The summed E-state index contributed by atoms with van der Waals surface area (Å²) in [5.74, 6) is 0.906. The molecule has 0 aliphatic carbocycles. The van der Waals surface area contributed by atoms with E-state index in [-0.39, 0.29) is 6.61 Å². The maximum atomic E-state index is 9.15. The third-order valence-electron chi connectivity index (χ3n) is 5.57. The number of aliphatic hydroxyl groups excluding tert-OH is 1. The molecule has 0 aliphatic rings. The summed E-state index contributed by atoms with van der Waals surface area (Å²) in [7, 11) is 0. The molecular weight excluding hydrogens is 316 g/mol. The van der Waals surface area contributed by atoms with Gasteiger partial charge in [0, 0.05) is 6.61 Å². The SMILES string of the molecule is CCCC(CC)CCCc1ccc(-c2ccc(CCO)cc2CC)cc1. The van der Waals surface area contributed by atoms with Crippen molar-refractivity contribution < 1.29 is 5.11 Å². The van der Waals surface area contributed by atoms with Gasteiger partial charge in [0.2, 0.25) is 0 Å². The van der Waals surface area contributed by atoms with E-state index < -0.39 is 0 Å². The van der Waals surface area contributed by atoms with Gasteiger partial charge < -0.3 is 5.11 Å². The summed E-state index contributed by atoms with van der Waals surface area (Å²) in [6.45, 7) is 7.04. The lowest BCUT2D eigenvalue weighted by Gasteiger charge is -2.14. The summed E-state index contributed by atoms with van der Waals surface area (Å²) in [6, 6.07) is 15.8. The van der Waals surface area contributed by atoms with Crippen LogP contribution in [0.2, 0.25) is 0 Å². The third-order valence-corrected chi connectivity index (χ3v) is 5.57. The van der Waals surface area contributed by atoms with Gasteiger partial charge in [0.15, 0.2) is 0 Å². The second-order valence-electron chi connectivity index (χ2n) is 7.47. The Labute approximate surface area is 160 Å². The first kappa shape index (κ1) is 20.7. The first-order valence-electron chi connectivity index (χ1n) is 10.5. The molecule has 1 atom stereocenters. The van der Waals surface area contributed by atoms with Crippen molar-refractivity contribution >= 4 is 0 Å². The summed E-state index contributed by atoms with van der Waals surface area (Å²) in [5.41, 5.74) is 6.68. The number of hydrogen-bond acceptors (Lipinski definition) is 1. The molecule has 0 saturated carbocycles. The van der Waals surface area contributed by atoms with Crippen LogP contribution in [-0.4, -0.2) is 11.7 Å². The quantitative estimate of drug-likeness (QED) is 0.483. The molecule has 0 bridgehead atoms. The number of rotatable bonds is 11. The lowest BCUT2D eigenvalue weighted by molar-refractivity contribution is 0.299. The van der Waals surface area contributed by atoms with Gasteiger partial charge in [-0.05, 0) is 59.4 Å². The molecule has 2 aromatic rings. The van der Waals surface area contributed by atoms with Crippen LogP contribution in [0.15, 0.2) is 42.5 Å². The molecule has 0 aliphatic heterocycles. The molecule has 0 radical (unpaired) electrons. The summed E-state index contributed by atoms with van der Waals surface area (Å²) in [5, 5.41) is 9.15. The Morgan fingerprint density at radius 1 is 0.846 bits per heavy atom. The van der Waals surface area contributed by atoms with Crippen molar-refractivity contribution in [2.24, 2.45) is 5.92 Å². The standard InChI is InChI=1S/C25H36O/c1-4-8-20(5-2)9-7-10-21-11-14-24(15-12-21)25-16-13-22(17-18-26)19-23(25)6-3/h11-16,19-20,26H,4-10,17-18H2,1-3H3. The average Bonchev–Trinajstić information content (AvgIpc) is 2.68. The van der Waals surface area contributed by atoms with E-state index in [2.05, 4.69) is 63.2 Å². The molecule has 0 heterocycles. The average molecular weight is 353 g/mol.